The Balaban J connectivity index is 1.24. The molecule has 0 bridgehead atoms. The normalized spacial score (nSPS) is 21.8. The summed E-state index contributed by atoms with van der Waals surface area (Å²) in [6.45, 7) is 2.89. The lowest BCUT2D eigenvalue weighted by Gasteiger charge is -2.38. The molecule has 0 saturated carbocycles. The molecule has 6 nitrogen and oxygen atoms in total. The van der Waals surface area contributed by atoms with Crippen LogP contribution in [0, 0.1) is 5.41 Å². The van der Waals surface area contributed by atoms with E-state index in [1.165, 1.54) is 0 Å². The third-order valence-corrected chi connectivity index (χ3v) is 5.44. The second-order valence-electron chi connectivity index (χ2n) is 7.27. The van der Waals surface area contributed by atoms with Gasteiger partial charge >= 0.3 is 0 Å². The Morgan fingerprint density at radius 2 is 2.19 bits per heavy atom. The fraction of sp³-hybridized carbons (Fsp3) is 0.500. The lowest BCUT2D eigenvalue weighted by molar-refractivity contribution is -0.133. The molecular formula is C20H24N2O4. The van der Waals surface area contributed by atoms with Crippen LogP contribution in [0.15, 0.2) is 47.3 Å². The summed E-state index contributed by atoms with van der Waals surface area (Å²) >= 11 is 0. The number of hydrogen-bond donors (Lipinski definition) is 0. The summed E-state index contributed by atoms with van der Waals surface area (Å²) < 4.78 is 17.0. The van der Waals surface area contributed by atoms with E-state index >= 15 is 0 Å². The minimum atomic E-state index is 0.112. The predicted octanol–water partition coefficient (Wildman–Crippen LogP) is 2.69. The Kier molecular flexibility index (Phi) is 4.93. The number of aromatic nitrogens is 1. The Labute approximate surface area is 153 Å². The molecule has 4 heterocycles. The number of ether oxygens (including phenoxy) is 2. The molecule has 2 saturated heterocycles. The first-order valence-electron chi connectivity index (χ1n) is 9.17. The molecule has 4 rings (SSSR count). The van der Waals surface area contributed by atoms with Crippen molar-refractivity contribution >= 4 is 5.91 Å². The molecule has 2 fully saturated rings. The van der Waals surface area contributed by atoms with Crippen LogP contribution in [0.2, 0.25) is 0 Å². The van der Waals surface area contributed by atoms with Crippen LogP contribution in [0.4, 0.5) is 0 Å². The van der Waals surface area contributed by atoms with Gasteiger partial charge in [0.05, 0.1) is 31.6 Å². The smallest absolute Gasteiger partial charge is 0.230 e. The van der Waals surface area contributed by atoms with Crippen LogP contribution < -0.4 is 4.74 Å². The maximum Gasteiger partial charge on any atom is 0.230 e. The van der Waals surface area contributed by atoms with E-state index in [-0.39, 0.29) is 17.4 Å². The first-order chi connectivity index (χ1) is 12.7. The van der Waals surface area contributed by atoms with Crippen molar-refractivity contribution in [3.05, 3.63) is 48.7 Å². The average molecular weight is 356 g/mol. The molecular weight excluding hydrogens is 332 g/mol. The fourth-order valence-electron chi connectivity index (χ4n) is 3.88. The van der Waals surface area contributed by atoms with E-state index < -0.39 is 0 Å². The van der Waals surface area contributed by atoms with Crippen molar-refractivity contribution in [3.63, 3.8) is 0 Å². The Bertz CT molecular complexity index is 709. The van der Waals surface area contributed by atoms with E-state index in [1.54, 1.807) is 18.7 Å². The molecule has 0 aliphatic carbocycles. The summed E-state index contributed by atoms with van der Waals surface area (Å²) in [5.74, 6) is 1.65. The molecule has 1 spiro atoms. The molecule has 2 aliphatic rings. The van der Waals surface area contributed by atoms with Gasteiger partial charge in [-0.05, 0) is 48.9 Å². The number of carbonyl (C=O) groups excluding carboxylic acids is 1. The summed E-state index contributed by atoms with van der Waals surface area (Å²) in [4.78, 5) is 18.4. The molecule has 0 N–H and O–H groups in total. The van der Waals surface area contributed by atoms with Crippen molar-refractivity contribution < 1.29 is 18.7 Å². The zero-order valence-electron chi connectivity index (χ0n) is 14.8. The van der Waals surface area contributed by atoms with E-state index in [0.717, 1.165) is 50.5 Å². The second-order valence-corrected chi connectivity index (χ2v) is 7.27. The van der Waals surface area contributed by atoms with Crippen molar-refractivity contribution in [2.75, 3.05) is 26.3 Å². The molecule has 0 aromatic carbocycles. The molecule has 2 aliphatic heterocycles. The van der Waals surface area contributed by atoms with Gasteiger partial charge < -0.3 is 18.8 Å². The van der Waals surface area contributed by atoms with Gasteiger partial charge in [0.15, 0.2) is 0 Å². The Morgan fingerprint density at radius 3 is 2.92 bits per heavy atom. The fourth-order valence-corrected chi connectivity index (χ4v) is 3.88. The number of furan rings is 1. The van der Waals surface area contributed by atoms with E-state index in [0.29, 0.717) is 13.0 Å². The molecule has 26 heavy (non-hydrogen) atoms. The first-order valence-corrected chi connectivity index (χ1v) is 9.17. The predicted molar refractivity (Wildman–Crippen MR) is 94.7 cm³/mol. The van der Waals surface area contributed by atoms with Gasteiger partial charge in [-0.15, -0.1) is 0 Å². The summed E-state index contributed by atoms with van der Waals surface area (Å²) in [5.41, 5.74) is 0.185. The summed E-state index contributed by atoms with van der Waals surface area (Å²) in [7, 11) is 0. The number of carbonyl (C=O) groups is 1. The molecule has 1 amide bonds. The third-order valence-electron chi connectivity index (χ3n) is 5.44. The number of likely N-dealkylation sites (tertiary alicyclic amines) is 1. The van der Waals surface area contributed by atoms with Crippen LogP contribution in [0.25, 0.3) is 0 Å². The van der Waals surface area contributed by atoms with Crippen LogP contribution in [-0.4, -0.2) is 48.2 Å². The van der Waals surface area contributed by atoms with Gasteiger partial charge in [-0.1, -0.05) is 0 Å². The van der Waals surface area contributed by atoms with Gasteiger partial charge in [0.25, 0.3) is 0 Å². The Hall–Kier alpha value is -2.34. The van der Waals surface area contributed by atoms with Crippen molar-refractivity contribution in [3.8, 4) is 5.75 Å². The molecule has 1 atom stereocenters. The highest BCUT2D eigenvalue weighted by atomic mass is 16.5. The lowest BCUT2D eigenvalue weighted by Crippen LogP contribution is -2.44. The number of rotatable bonds is 5. The highest BCUT2D eigenvalue weighted by Gasteiger charge is 2.43. The summed E-state index contributed by atoms with van der Waals surface area (Å²) in [6, 6.07) is 7.43. The third kappa shape index (κ3) is 3.90. The second kappa shape index (κ2) is 7.50. The van der Waals surface area contributed by atoms with Crippen LogP contribution in [0.3, 0.4) is 0 Å². The van der Waals surface area contributed by atoms with Gasteiger partial charge in [-0.25, -0.2) is 0 Å². The minimum absolute atomic E-state index is 0.112. The van der Waals surface area contributed by atoms with Gasteiger partial charge in [0, 0.05) is 19.3 Å². The summed E-state index contributed by atoms with van der Waals surface area (Å²) in [5, 5.41) is 0. The van der Waals surface area contributed by atoms with Gasteiger partial charge in [0.1, 0.15) is 18.1 Å². The number of hydrogen-bond acceptors (Lipinski definition) is 5. The highest BCUT2D eigenvalue weighted by Crippen LogP contribution is 2.42. The molecule has 2 aromatic rings. The van der Waals surface area contributed by atoms with Crippen molar-refractivity contribution in [1.29, 1.82) is 0 Å². The minimum Gasteiger partial charge on any atom is -0.489 e. The quantitative estimate of drug-likeness (QED) is 0.824. The van der Waals surface area contributed by atoms with Crippen LogP contribution in [0.5, 0.6) is 5.75 Å². The maximum atomic E-state index is 12.4. The zero-order chi connectivity index (χ0) is 17.8. The molecule has 0 radical (unpaired) electrons. The monoisotopic (exact) mass is 356 g/mol. The SMILES string of the molecule is O=C(Cc1ccco1)N1CCC2(CC1)COC(COc1cccnc1)C2. The van der Waals surface area contributed by atoms with Crippen LogP contribution in [-0.2, 0) is 16.0 Å². The van der Waals surface area contributed by atoms with Crippen molar-refractivity contribution in [2.45, 2.75) is 31.8 Å². The van der Waals surface area contributed by atoms with Crippen LogP contribution >= 0.6 is 0 Å². The average Bonchev–Trinajstić information content (AvgIpc) is 3.32. The number of piperidine rings is 1. The summed E-state index contributed by atoms with van der Waals surface area (Å²) in [6.07, 6.45) is 8.48. The number of pyridine rings is 1. The van der Waals surface area contributed by atoms with E-state index in [2.05, 4.69) is 4.98 Å². The van der Waals surface area contributed by atoms with E-state index in [4.69, 9.17) is 13.9 Å². The van der Waals surface area contributed by atoms with Crippen LogP contribution in [0.1, 0.15) is 25.0 Å². The van der Waals surface area contributed by atoms with E-state index in [1.807, 2.05) is 29.2 Å². The topological polar surface area (TPSA) is 64.8 Å². The number of nitrogens with zero attached hydrogens (tertiary/aromatic N) is 2. The Morgan fingerprint density at radius 1 is 1.31 bits per heavy atom. The standard InChI is InChI=1S/C20H24N2O4/c23-19(11-16-4-2-10-24-16)22-8-5-20(6-9-22)12-18(26-15-20)14-25-17-3-1-7-21-13-17/h1-4,7,10,13,18H,5-6,8-9,11-12,14-15H2. The largest absolute Gasteiger partial charge is 0.489 e. The lowest BCUT2D eigenvalue weighted by atomic mass is 9.76. The molecule has 138 valence electrons. The van der Waals surface area contributed by atoms with Gasteiger partial charge in [-0.3, -0.25) is 9.78 Å². The van der Waals surface area contributed by atoms with E-state index in [9.17, 15) is 4.79 Å². The molecule has 2 aromatic heterocycles. The van der Waals surface area contributed by atoms with Crippen molar-refractivity contribution in [2.24, 2.45) is 5.41 Å². The number of amides is 1. The van der Waals surface area contributed by atoms with Crippen molar-refractivity contribution in [1.82, 2.24) is 9.88 Å². The van der Waals surface area contributed by atoms with Gasteiger partial charge in [-0.2, -0.15) is 0 Å². The zero-order valence-corrected chi connectivity index (χ0v) is 14.8. The maximum absolute atomic E-state index is 12.4. The first kappa shape index (κ1) is 17.1. The van der Waals surface area contributed by atoms with Gasteiger partial charge in [0.2, 0.25) is 5.91 Å². The molecule has 1 unspecified atom stereocenters. The molecule has 6 heteroatoms. The highest BCUT2D eigenvalue weighted by molar-refractivity contribution is 5.78.